The van der Waals surface area contributed by atoms with Crippen LogP contribution in [0.2, 0.25) is 0 Å². The van der Waals surface area contributed by atoms with E-state index in [2.05, 4.69) is 44.6 Å². The van der Waals surface area contributed by atoms with Crippen molar-refractivity contribution in [2.24, 2.45) is 11.8 Å². The van der Waals surface area contributed by atoms with Gasteiger partial charge >= 0.3 is 0 Å². The molecule has 0 bridgehead atoms. The molecule has 0 saturated carbocycles. The van der Waals surface area contributed by atoms with E-state index in [9.17, 15) is 4.79 Å². The second kappa shape index (κ2) is 10.2. The molecular weight excluding hydrogens is 414 g/mol. The van der Waals surface area contributed by atoms with Gasteiger partial charge in [-0.15, -0.1) is 0 Å². The van der Waals surface area contributed by atoms with Gasteiger partial charge in [0.1, 0.15) is 5.69 Å². The van der Waals surface area contributed by atoms with Gasteiger partial charge in [-0.1, -0.05) is 29.4 Å². The number of rotatable bonds is 6. The molecule has 7 heteroatoms. The zero-order valence-electron chi connectivity index (χ0n) is 18.9. The van der Waals surface area contributed by atoms with Crippen LogP contribution in [0.25, 0.3) is 11.5 Å². The zero-order valence-corrected chi connectivity index (χ0v) is 18.9. The number of piperidine rings is 1. The zero-order chi connectivity index (χ0) is 22.5. The molecule has 2 saturated heterocycles. The topological polar surface area (TPSA) is 74.5 Å². The minimum atomic E-state index is 0.286. The van der Waals surface area contributed by atoms with Gasteiger partial charge in [-0.3, -0.25) is 9.78 Å². The number of nitrogens with one attached hydrogen (secondary N) is 1. The number of pyridine rings is 1. The van der Waals surface area contributed by atoms with Crippen molar-refractivity contribution in [2.45, 2.75) is 19.3 Å². The van der Waals surface area contributed by atoms with Crippen LogP contribution < -0.4 is 10.2 Å². The Labute approximate surface area is 194 Å². The molecule has 0 aliphatic carbocycles. The van der Waals surface area contributed by atoms with Gasteiger partial charge in [0.2, 0.25) is 5.91 Å². The summed E-state index contributed by atoms with van der Waals surface area (Å²) in [5.41, 5.74) is 2.96. The average molecular weight is 446 g/mol. The van der Waals surface area contributed by atoms with Crippen molar-refractivity contribution in [3.05, 3.63) is 66.5 Å². The lowest BCUT2D eigenvalue weighted by atomic mass is 9.81. The lowest BCUT2D eigenvalue weighted by Crippen LogP contribution is -2.50. The molecule has 0 spiro atoms. The normalized spacial score (nSPS) is 21.2. The molecule has 1 aromatic carbocycles. The van der Waals surface area contributed by atoms with E-state index in [4.69, 9.17) is 4.52 Å². The molecule has 2 aliphatic rings. The summed E-state index contributed by atoms with van der Waals surface area (Å²) in [4.78, 5) is 21.9. The number of carbonyl (C=O) groups is 1. The molecule has 7 nitrogen and oxygen atoms in total. The van der Waals surface area contributed by atoms with Crippen LogP contribution in [0, 0.1) is 11.8 Å². The molecule has 172 valence electrons. The van der Waals surface area contributed by atoms with Gasteiger partial charge in [0.15, 0.2) is 5.76 Å². The van der Waals surface area contributed by atoms with Crippen molar-refractivity contribution in [3.63, 3.8) is 0 Å². The predicted molar refractivity (Wildman–Crippen MR) is 128 cm³/mol. The quantitative estimate of drug-likeness (QED) is 0.628. The summed E-state index contributed by atoms with van der Waals surface area (Å²) in [6, 6.07) is 18.2. The van der Waals surface area contributed by atoms with Crippen LogP contribution in [0.5, 0.6) is 0 Å². The predicted octanol–water partition coefficient (Wildman–Crippen LogP) is 3.24. The number of piperazine rings is 1. The van der Waals surface area contributed by atoms with Crippen LogP contribution in [0.15, 0.2) is 65.3 Å². The molecule has 1 N–H and O–H groups in total. The number of amides is 1. The van der Waals surface area contributed by atoms with E-state index in [0.29, 0.717) is 24.0 Å². The molecule has 2 atom stereocenters. The van der Waals surface area contributed by atoms with Crippen molar-refractivity contribution >= 4 is 11.6 Å². The number of para-hydroxylation sites is 1. The van der Waals surface area contributed by atoms with Crippen LogP contribution >= 0.6 is 0 Å². The van der Waals surface area contributed by atoms with E-state index in [1.807, 2.05) is 35.2 Å². The van der Waals surface area contributed by atoms with E-state index in [-0.39, 0.29) is 5.91 Å². The summed E-state index contributed by atoms with van der Waals surface area (Å²) in [7, 11) is 0. The maximum absolute atomic E-state index is 13.1. The Hall–Kier alpha value is -3.19. The van der Waals surface area contributed by atoms with Crippen LogP contribution in [0.1, 0.15) is 18.5 Å². The Morgan fingerprint density at radius 3 is 2.64 bits per heavy atom. The number of nitrogens with zero attached hydrogens (tertiary/aromatic N) is 4. The molecular formula is C26H31N5O2. The standard InChI is InChI=1S/C26H31N5O2/c32-26(31-14-12-30(13-15-31)23-6-2-1-3-7-23)17-20-9-11-27-19-21(20)16-22-18-25(33-29-22)24-8-4-5-10-28-24/h1-8,10,18,20-21,27H,9,11-17,19H2/t20-,21+/m1/s1. The van der Waals surface area contributed by atoms with Gasteiger partial charge in [-0.2, -0.15) is 0 Å². The molecule has 4 heterocycles. The van der Waals surface area contributed by atoms with E-state index >= 15 is 0 Å². The summed E-state index contributed by atoms with van der Waals surface area (Å²) in [5.74, 6) is 1.71. The first-order valence-corrected chi connectivity index (χ1v) is 11.9. The minimum absolute atomic E-state index is 0.286. The average Bonchev–Trinajstić information content (AvgIpc) is 3.35. The fourth-order valence-corrected chi connectivity index (χ4v) is 5.00. The van der Waals surface area contributed by atoms with E-state index in [1.54, 1.807) is 6.20 Å². The van der Waals surface area contributed by atoms with E-state index in [0.717, 1.165) is 63.5 Å². The third-order valence-electron chi connectivity index (χ3n) is 6.90. The first-order valence-electron chi connectivity index (χ1n) is 11.9. The van der Waals surface area contributed by atoms with Crippen molar-refractivity contribution in [3.8, 4) is 11.5 Å². The summed E-state index contributed by atoms with van der Waals surface area (Å²) in [5, 5.41) is 7.78. The molecule has 5 rings (SSSR count). The Morgan fingerprint density at radius 2 is 1.85 bits per heavy atom. The molecule has 2 aliphatic heterocycles. The van der Waals surface area contributed by atoms with Crippen molar-refractivity contribution in [2.75, 3.05) is 44.2 Å². The Balaban J connectivity index is 1.17. The molecule has 2 aromatic heterocycles. The highest BCUT2D eigenvalue weighted by atomic mass is 16.5. The molecule has 0 unspecified atom stereocenters. The van der Waals surface area contributed by atoms with Crippen LogP contribution in [-0.4, -0.2) is 60.2 Å². The van der Waals surface area contributed by atoms with E-state index in [1.165, 1.54) is 5.69 Å². The van der Waals surface area contributed by atoms with Crippen molar-refractivity contribution < 1.29 is 9.32 Å². The number of aromatic nitrogens is 2. The summed E-state index contributed by atoms with van der Waals surface area (Å²) in [6.07, 6.45) is 4.20. The SMILES string of the molecule is O=C(C[C@H]1CCNC[C@@H]1Cc1cc(-c2ccccn2)on1)N1CCN(c2ccccc2)CC1. The van der Waals surface area contributed by atoms with Gasteiger partial charge in [0.05, 0.1) is 5.69 Å². The molecule has 3 aromatic rings. The number of anilines is 1. The third kappa shape index (κ3) is 5.25. The minimum Gasteiger partial charge on any atom is -0.368 e. The van der Waals surface area contributed by atoms with Crippen molar-refractivity contribution in [1.82, 2.24) is 20.4 Å². The van der Waals surface area contributed by atoms with Gasteiger partial charge in [-0.05, 0) is 62.0 Å². The van der Waals surface area contributed by atoms with E-state index < -0.39 is 0 Å². The van der Waals surface area contributed by atoms with Crippen LogP contribution in [0.3, 0.4) is 0 Å². The molecule has 2 fully saturated rings. The Kier molecular flexibility index (Phi) is 6.67. The fourth-order valence-electron chi connectivity index (χ4n) is 5.00. The summed E-state index contributed by atoms with van der Waals surface area (Å²) in [6.45, 7) is 5.24. The Morgan fingerprint density at radius 1 is 1.03 bits per heavy atom. The fraction of sp³-hybridized carbons (Fsp3) is 0.423. The first-order chi connectivity index (χ1) is 16.3. The van der Waals surface area contributed by atoms with Gasteiger partial charge < -0.3 is 19.6 Å². The number of benzene rings is 1. The molecule has 33 heavy (non-hydrogen) atoms. The highest BCUT2D eigenvalue weighted by molar-refractivity contribution is 5.77. The third-order valence-corrected chi connectivity index (χ3v) is 6.90. The Bertz CT molecular complexity index is 1030. The van der Waals surface area contributed by atoms with Gasteiger partial charge in [0.25, 0.3) is 0 Å². The largest absolute Gasteiger partial charge is 0.368 e. The lowest BCUT2D eigenvalue weighted by Gasteiger charge is -2.38. The second-order valence-electron chi connectivity index (χ2n) is 9.02. The smallest absolute Gasteiger partial charge is 0.222 e. The summed E-state index contributed by atoms with van der Waals surface area (Å²) >= 11 is 0. The maximum Gasteiger partial charge on any atom is 0.222 e. The lowest BCUT2D eigenvalue weighted by molar-refractivity contribution is -0.133. The highest BCUT2D eigenvalue weighted by Gasteiger charge is 2.30. The van der Waals surface area contributed by atoms with Gasteiger partial charge in [0, 0.05) is 50.6 Å². The first kappa shape index (κ1) is 21.6. The van der Waals surface area contributed by atoms with Crippen LogP contribution in [0.4, 0.5) is 5.69 Å². The maximum atomic E-state index is 13.1. The van der Waals surface area contributed by atoms with Gasteiger partial charge in [-0.25, -0.2) is 0 Å². The van der Waals surface area contributed by atoms with Crippen LogP contribution in [-0.2, 0) is 11.2 Å². The highest BCUT2D eigenvalue weighted by Crippen LogP contribution is 2.28. The molecule has 0 radical (unpaired) electrons. The summed E-state index contributed by atoms with van der Waals surface area (Å²) < 4.78 is 5.54. The number of hydrogen-bond donors (Lipinski definition) is 1. The number of carbonyl (C=O) groups excluding carboxylic acids is 1. The van der Waals surface area contributed by atoms with Crippen molar-refractivity contribution in [1.29, 1.82) is 0 Å². The monoisotopic (exact) mass is 445 g/mol. The number of hydrogen-bond acceptors (Lipinski definition) is 6. The molecule has 1 amide bonds. The second-order valence-corrected chi connectivity index (χ2v) is 9.02.